The number of hydrogen-bond donors (Lipinski definition) is 3. The van der Waals surface area contributed by atoms with Crippen LogP contribution in [0.2, 0.25) is 0 Å². The zero-order valence-corrected chi connectivity index (χ0v) is 14.5. The van der Waals surface area contributed by atoms with Crippen LogP contribution in [0.1, 0.15) is 56.8 Å². The average Bonchev–Trinajstić information content (AvgIpc) is 2.45. The molecular weight excluding hydrogens is 308 g/mol. The van der Waals surface area contributed by atoms with Crippen LogP contribution in [0.15, 0.2) is 24.3 Å². The Kier molecular flexibility index (Phi) is 5.70. The highest BCUT2D eigenvalue weighted by molar-refractivity contribution is 5.94. The van der Waals surface area contributed by atoms with E-state index in [1.54, 1.807) is 18.2 Å². The molecule has 0 aliphatic heterocycles. The van der Waals surface area contributed by atoms with Crippen LogP contribution in [0.3, 0.4) is 0 Å². The molecule has 2 atom stereocenters. The maximum Gasteiger partial charge on any atom is 0.407 e. The number of aromatic carboxylic acids is 1. The van der Waals surface area contributed by atoms with Crippen molar-refractivity contribution in [1.82, 2.24) is 5.32 Å². The van der Waals surface area contributed by atoms with Crippen molar-refractivity contribution in [3.05, 3.63) is 29.8 Å². The third-order valence-electron chi connectivity index (χ3n) is 3.91. The minimum absolute atomic E-state index is 0.0306. The van der Waals surface area contributed by atoms with Crippen molar-refractivity contribution >= 4 is 17.7 Å². The highest BCUT2D eigenvalue weighted by Gasteiger charge is 2.26. The van der Waals surface area contributed by atoms with Crippen molar-refractivity contribution < 1.29 is 19.4 Å². The molecule has 1 aliphatic rings. The maximum atomic E-state index is 11.9. The summed E-state index contributed by atoms with van der Waals surface area (Å²) in [5, 5.41) is 15.5. The Balaban J connectivity index is 1.94. The van der Waals surface area contributed by atoms with E-state index in [4.69, 9.17) is 4.74 Å². The molecule has 1 aromatic carbocycles. The second kappa shape index (κ2) is 7.55. The van der Waals surface area contributed by atoms with Crippen molar-refractivity contribution in [2.75, 3.05) is 5.32 Å². The first-order chi connectivity index (χ1) is 11.2. The summed E-state index contributed by atoms with van der Waals surface area (Å²) >= 11 is 0. The van der Waals surface area contributed by atoms with Gasteiger partial charge in [-0.2, -0.15) is 0 Å². The van der Waals surface area contributed by atoms with Crippen molar-refractivity contribution in [2.45, 2.75) is 64.1 Å². The summed E-state index contributed by atoms with van der Waals surface area (Å²) in [5.74, 6) is -0.947. The molecule has 24 heavy (non-hydrogen) atoms. The minimum Gasteiger partial charge on any atom is -0.478 e. The van der Waals surface area contributed by atoms with Gasteiger partial charge in [0.25, 0.3) is 0 Å². The van der Waals surface area contributed by atoms with E-state index in [9.17, 15) is 14.7 Å². The van der Waals surface area contributed by atoms with Gasteiger partial charge in [0.2, 0.25) is 0 Å². The normalized spacial score (nSPS) is 21.0. The van der Waals surface area contributed by atoms with Gasteiger partial charge >= 0.3 is 12.1 Å². The van der Waals surface area contributed by atoms with Crippen LogP contribution in [0, 0.1) is 0 Å². The number of hydrogen-bond acceptors (Lipinski definition) is 4. The van der Waals surface area contributed by atoms with Gasteiger partial charge in [0.1, 0.15) is 5.60 Å². The van der Waals surface area contributed by atoms with Crippen LogP contribution in [-0.4, -0.2) is 34.9 Å². The fraction of sp³-hybridized carbons (Fsp3) is 0.556. The number of alkyl carbamates (subject to hydrolysis) is 1. The Bertz CT molecular complexity index is 595. The number of nitrogens with one attached hydrogen (secondary N) is 2. The summed E-state index contributed by atoms with van der Waals surface area (Å²) in [4.78, 5) is 23.2. The number of carboxylic acid groups (broad SMARTS) is 1. The van der Waals surface area contributed by atoms with Gasteiger partial charge < -0.3 is 20.5 Å². The zero-order chi connectivity index (χ0) is 17.7. The second-order valence-electron chi connectivity index (χ2n) is 7.20. The molecule has 1 fully saturated rings. The Morgan fingerprint density at radius 3 is 2.50 bits per heavy atom. The van der Waals surface area contributed by atoms with Gasteiger partial charge in [0, 0.05) is 17.8 Å². The fourth-order valence-corrected chi connectivity index (χ4v) is 2.94. The molecular formula is C18H26N2O4. The molecule has 2 rings (SSSR count). The van der Waals surface area contributed by atoms with E-state index in [1.165, 1.54) is 0 Å². The Morgan fingerprint density at radius 1 is 1.17 bits per heavy atom. The molecule has 0 aromatic heterocycles. The van der Waals surface area contributed by atoms with Crippen LogP contribution in [0.4, 0.5) is 10.5 Å². The van der Waals surface area contributed by atoms with Gasteiger partial charge in [0.15, 0.2) is 0 Å². The van der Waals surface area contributed by atoms with Crippen molar-refractivity contribution in [2.24, 2.45) is 0 Å². The Labute approximate surface area is 142 Å². The molecule has 6 nitrogen and oxygen atoms in total. The summed E-state index contributed by atoms with van der Waals surface area (Å²) in [6, 6.07) is 7.04. The maximum absolute atomic E-state index is 11.9. The SMILES string of the molecule is CC(C)(C)OC(=O)NC1CCCC(Nc2ccccc2C(=O)O)C1. The van der Waals surface area contributed by atoms with Gasteiger partial charge in [-0.15, -0.1) is 0 Å². The Morgan fingerprint density at radius 2 is 1.83 bits per heavy atom. The molecule has 1 amide bonds. The first kappa shape index (κ1) is 18.1. The van der Waals surface area contributed by atoms with Gasteiger partial charge in [-0.25, -0.2) is 9.59 Å². The lowest BCUT2D eigenvalue weighted by molar-refractivity contribution is 0.0491. The molecule has 0 heterocycles. The highest BCUT2D eigenvalue weighted by Crippen LogP contribution is 2.24. The van der Waals surface area contributed by atoms with E-state index in [2.05, 4.69) is 10.6 Å². The van der Waals surface area contributed by atoms with Crippen LogP contribution < -0.4 is 10.6 Å². The molecule has 1 saturated carbocycles. The average molecular weight is 334 g/mol. The topological polar surface area (TPSA) is 87.7 Å². The van der Waals surface area contributed by atoms with Gasteiger partial charge in [-0.05, 0) is 58.6 Å². The number of carbonyl (C=O) groups is 2. The molecule has 3 N–H and O–H groups in total. The summed E-state index contributed by atoms with van der Waals surface area (Å²) in [6.45, 7) is 5.50. The Hall–Kier alpha value is -2.24. The number of rotatable bonds is 4. The second-order valence-corrected chi connectivity index (χ2v) is 7.20. The summed E-state index contributed by atoms with van der Waals surface area (Å²) in [5.41, 5.74) is 0.365. The molecule has 0 saturated heterocycles. The van der Waals surface area contributed by atoms with Gasteiger partial charge in [0.05, 0.1) is 5.56 Å². The van der Waals surface area contributed by atoms with Crippen LogP contribution in [0.5, 0.6) is 0 Å². The van der Waals surface area contributed by atoms with Crippen LogP contribution in [0.25, 0.3) is 0 Å². The highest BCUT2D eigenvalue weighted by atomic mass is 16.6. The monoisotopic (exact) mass is 334 g/mol. The lowest BCUT2D eigenvalue weighted by Crippen LogP contribution is -2.44. The number of anilines is 1. The van der Waals surface area contributed by atoms with Crippen LogP contribution in [-0.2, 0) is 4.74 Å². The smallest absolute Gasteiger partial charge is 0.407 e. The van der Waals surface area contributed by atoms with E-state index in [0.29, 0.717) is 5.69 Å². The number of ether oxygens (including phenoxy) is 1. The molecule has 0 spiro atoms. The molecule has 1 aliphatic carbocycles. The van der Waals surface area contributed by atoms with E-state index >= 15 is 0 Å². The van der Waals surface area contributed by atoms with E-state index < -0.39 is 17.7 Å². The van der Waals surface area contributed by atoms with Gasteiger partial charge in [-0.1, -0.05) is 12.1 Å². The molecule has 0 radical (unpaired) electrons. The van der Waals surface area contributed by atoms with Crippen LogP contribution >= 0.6 is 0 Å². The standard InChI is InChI=1S/C18H26N2O4/c1-18(2,3)24-17(23)20-13-8-6-7-12(11-13)19-15-10-5-4-9-14(15)16(21)22/h4-5,9-10,12-13,19H,6-8,11H2,1-3H3,(H,20,23)(H,21,22). The molecule has 132 valence electrons. The first-order valence-corrected chi connectivity index (χ1v) is 8.33. The first-order valence-electron chi connectivity index (χ1n) is 8.33. The predicted octanol–water partition coefficient (Wildman–Crippen LogP) is 3.63. The van der Waals surface area contributed by atoms with Gasteiger partial charge in [-0.3, -0.25) is 0 Å². The van der Waals surface area contributed by atoms with E-state index in [1.807, 2.05) is 26.8 Å². The zero-order valence-electron chi connectivity index (χ0n) is 14.5. The van der Waals surface area contributed by atoms with Crippen molar-refractivity contribution in [1.29, 1.82) is 0 Å². The summed E-state index contributed by atoms with van der Waals surface area (Å²) in [6.07, 6.45) is 3.15. The molecule has 0 bridgehead atoms. The number of carbonyl (C=O) groups excluding carboxylic acids is 1. The third-order valence-corrected chi connectivity index (χ3v) is 3.91. The number of carboxylic acids is 1. The lowest BCUT2D eigenvalue weighted by atomic mass is 9.90. The lowest BCUT2D eigenvalue weighted by Gasteiger charge is -2.32. The number of amides is 1. The fourth-order valence-electron chi connectivity index (χ4n) is 2.94. The molecule has 6 heteroatoms. The summed E-state index contributed by atoms with van der Waals surface area (Å²) < 4.78 is 5.30. The van der Waals surface area contributed by atoms with Crippen molar-refractivity contribution in [3.8, 4) is 0 Å². The van der Waals surface area contributed by atoms with E-state index in [0.717, 1.165) is 25.7 Å². The molecule has 1 aromatic rings. The summed E-state index contributed by atoms with van der Waals surface area (Å²) in [7, 11) is 0. The minimum atomic E-state index is -0.947. The van der Waals surface area contributed by atoms with E-state index in [-0.39, 0.29) is 17.6 Å². The molecule has 2 unspecified atom stereocenters. The third kappa shape index (κ3) is 5.44. The number of para-hydroxylation sites is 1. The van der Waals surface area contributed by atoms with Crippen molar-refractivity contribution in [3.63, 3.8) is 0 Å². The largest absolute Gasteiger partial charge is 0.478 e. The quantitative estimate of drug-likeness (QED) is 0.782. The predicted molar refractivity (Wildman–Crippen MR) is 92.4 cm³/mol. The number of benzene rings is 1.